The topological polar surface area (TPSA) is 29.1 Å². The van der Waals surface area contributed by atoms with Crippen molar-refractivity contribution in [2.24, 2.45) is 0 Å². The Morgan fingerprint density at radius 1 is 1.25 bits per heavy atom. The van der Waals surface area contributed by atoms with Crippen molar-refractivity contribution in [2.45, 2.75) is 62.5 Å². The summed E-state index contributed by atoms with van der Waals surface area (Å²) in [5.74, 6) is 0. The zero-order chi connectivity index (χ0) is 14.4. The first-order valence-electron chi connectivity index (χ1n) is 7.91. The van der Waals surface area contributed by atoms with Crippen LogP contribution in [0.25, 0.3) is 0 Å². The van der Waals surface area contributed by atoms with E-state index in [1.807, 2.05) is 6.07 Å². The van der Waals surface area contributed by atoms with Crippen molar-refractivity contribution in [3.8, 4) is 0 Å². The molecule has 3 heteroatoms. The lowest BCUT2D eigenvalue weighted by Crippen LogP contribution is -2.36. The maximum Gasteiger partial charge on any atom is 0.0517 e. The summed E-state index contributed by atoms with van der Waals surface area (Å²) >= 11 is 0. The second-order valence-corrected chi connectivity index (χ2v) is 7.85. The van der Waals surface area contributed by atoms with E-state index >= 15 is 0 Å². The third-order valence-corrected chi connectivity index (χ3v) is 6.37. The van der Waals surface area contributed by atoms with E-state index in [0.29, 0.717) is 5.25 Å². The molecule has 1 N–H and O–H groups in total. The Balaban J connectivity index is 2.10. The smallest absolute Gasteiger partial charge is 0.0517 e. The van der Waals surface area contributed by atoms with Crippen LogP contribution in [0.15, 0.2) is 30.3 Å². The summed E-state index contributed by atoms with van der Waals surface area (Å²) in [6, 6.07) is 10.7. The minimum Gasteiger partial charge on any atom is -0.309 e. The molecule has 3 atom stereocenters. The molecule has 2 nitrogen and oxygen atoms in total. The standard InChI is InChI=1S/C17H27NOS/c1-3-13-18-17(15-9-5-4-6-10-15)14(2)20(19)16-11-7-8-12-16/h4-6,9-10,14,16-18H,3,7-8,11-13H2,1-2H3. The zero-order valence-electron chi connectivity index (χ0n) is 12.7. The lowest BCUT2D eigenvalue weighted by molar-refractivity contribution is 0.515. The fourth-order valence-corrected chi connectivity index (χ4v) is 5.00. The average molecular weight is 293 g/mol. The van der Waals surface area contributed by atoms with Crippen molar-refractivity contribution in [1.29, 1.82) is 0 Å². The minimum atomic E-state index is -0.737. The molecule has 0 aromatic heterocycles. The summed E-state index contributed by atoms with van der Waals surface area (Å²) in [6.45, 7) is 5.30. The van der Waals surface area contributed by atoms with Crippen LogP contribution in [0.1, 0.15) is 57.6 Å². The molecule has 20 heavy (non-hydrogen) atoms. The maximum atomic E-state index is 12.8. The van der Waals surface area contributed by atoms with E-state index in [4.69, 9.17) is 0 Å². The first kappa shape index (κ1) is 15.7. The van der Waals surface area contributed by atoms with Gasteiger partial charge in [-0.25, -0.2) is 0 Å². The van der Waals surface area contributed by atoms with Crippen LogP contribution in [0.2, 0.25) is 0 Å². The van der Waals surface area contributed by atoms with Crippen molar-refractivity contribution in [1.82, 2.24) is 5.32 Å². The van der Waals surface area contributed by atoms with Crippen LogP contribution < -0.4 is 5.32 Å². The van der Waals surface area contributed by atoms with Crippen LogP contribution >= 0.6 is 0 Å². The molecule has 0 radical (unpaired) electrons. The minimum absolute atomic E-state index is 0.173. The van der Waals surface area contributed by atoms with Gasteiger partial charge in [0.25, 0.3) is 0 Å². The first-order chi connectivity index (χ1) is 9.74. The van der Waals surface area contributed by atoms with Crippen molar-refractivity contribution < 1.29 is 4.21 Å². The third-order valence-electron chi connectivity index (χ3n) is 4.24. The van der Waals surface area contributed by atoms with Crippen LogP contribution in [0.5, 0.6) is 0 Å². The fourth-order valence-electron chi connectivity index (χ4n) is 3.07. The second kappa shape index (κ2) is 7.94. The summed E-state index contributed by atoms with van der Waals surface area (Å²) in [7, 11) is -0.737. The first-order valence-corrected chi connectivity index (χ1v) is 9.19. The predicted molar refractivity (Wildman–Crippen MR) is 87.3 cm³/mol. The highest BCUT2D eigenvalue weighted by molar-refractivity contribution is 7.86. The molecule has 2 rings (SSSR count). The Morgan fingerprint density at radius 2 is 1.90 bits per heavy atom. The highest BCUT2D eigenvalue weighted by atomic mass is 32.2. The van der Waals surface area contributed by atoms with Gasteiger partial charge in [0, 0.05) is 22.1 Å². The molecule has 3 unspecified atom stereocenters. The van der Waals surface area contributed by atoms with Crippen molar-refractivity contribution in [3.05, 3.63) is 35.9 Å². The molecule has 1 aliphatic carbocycles. The molecule has 1 saturated carbocycles. The summed E-state index contributed by atoms with van der Waals surface area (Å²) in [6.07, 6.45) is 5.90. The highest BCUT2D eigenvalue weighted by Gasteiger charge is 2.30. The van der Waals surface area contributed by atoms with Gasteiger partial charge in [0.15, 0.2) is 0 Å². The van der Waals surface area contributed by atoms with Gasteiger partial charge in [-0.1, -0.05) is 50.1 Å². The lowest BCUT2D eigenvalue weighted by Gasteiger charge is -2.27. The Morgan fingerprint density at radius 3 is 2.50 bits per heavy atom. The van der Waals surface area contributed by atoms with Gasteiger partial charge in [0.1, 0.15) is 0 Å². The van der Waals surface area contributed by atoms with Gasteiger partial charge in [-0.05, 0) is 38.3 Å². The lowest BCUT2D eigenvalue weighted by atomic mass is 10.0. The van der Waals surface area contributed by atoms with E-state index in [9.17, 15) is 4.21 Å². The van der Waals surface area contributed by atoms with E-state index in [1.165, 1.54) is 18.4 Å². The largest absolute Gasteiger partial charge is 0.309 e. The molecule has 0 aliphatic heterocycles. The van der Waals surface area contributed by atoms with Gasteiger partial charge in [0.05, 0.1) is 5.25 Å². The van der Waals surface area contributed by atoms with Gasteiger partial charge >= 0.3 is 0 Å². The molecular weight excluding hydrogens is 266 g/mol. The number of hydrogen-bond donors (Lipinski definition) is 1. The fraction of sp³-hybridized carbons (Fsp3) is 0.647. The van der Waals surface area contributed by atoms with Crippen molar-refractivity contribution >= 4 is 10.8 Å². The quantitative estimate of drug-likeness (QED) is 0.828. The summed E-state index contributed by atoms with van der Waals surface area (Å²) in [5.41, 5.74) is 1.26. The molecule has 0 bridgehead atoms. The van der Waals surface area contributed by atoms with Crippen molar-refractivity contribution in [3.63, 3.8) is 0 Å². The van der Waals surface area contributed by atoms with Gasteiger partial charge in [-0.15, -0.1) is 0 Å². The maximum absolute atomic E-state index is 12.8. The molecule has 1 aromatic carbocycles. The highest BCUT2D eigenvalue weighted by Crippen LogP contribution is 2.29. The molecule has 1 aliphatic rings. The van der Waals surface area contributed by atoms with Crippen LogP contribution in [0, 0.1) is 0 Å². The Bertz CT molecular complexity index is 414. The van der Waals surface area contributed by atoms with E-state index in [2.05, 4.69) is 43.4 Å². The summed E-state index contributed by atoms with van der Waals surface area (Å²) in [5, 5.41) is 4.19. The predicted octanol–water partition coefficient (Wildman–Crippen LogP) is 3.81. The van der Waals surface area contributed by atoms with E-state index in [-0.39, 0.29) is 11.3 Å². The molecule has 1 fully saturated rings. The SMILES string of the molecule is CCCNC(c1ccccc1)C(C)S(=O)C1CCCC1. The number of nitrogens with one attached hydrogen (secondary N) is 1. The van der Waals surface area contributed by atoms with Gasteiger partial charge in [-0.2, -0.15) is 0 Å². The third kappa shape index (κ3) is 3.92. The van der Waals surface area contributed by atoms with Crippen LogP contribution in [-0.2, 0) is 10.8 Å². The molecule has 0 saturated heterocycles. The Labute approximate surface area is 125 Å². The van der Waals surface area contributed by atoms with E-state index in [0.717, 1.165) is 25.8 Å². The number of rotatable bonds is 7. The zero-order valence-corrected chi connectivity index (χ0v) is 13.5. The Kier molecular flexibility index (Phi) is 6.24. The molecule has 112 valence electrons. The number of benzene rings is 1. The van der Waals surface area contributed by atoms with E-state index < -0.39 is 10.8 Å². The molecule has 0 heterocycles. The van der Waals surface area contributed by atoms with Crippen LogP contribution in [0.4, 0.5) is 0 Å². The van der Waals surface area contributed by atoms with E-state index in [1.54, 1.807) is 0 Å². The average Bonchev–Trinajstić information content (AvgIpc) is 3.02. The number of hydrogen-bond acceptors (Lipinski definition) is 2. The van der Waals surface area contributed by atoms with Gasteiger partial charge in [0.2, 0.25) is 0 Å². The normalized spacial score (nSPS) is 20.7. The Hall–Kier alpha value is -0.670. The molecular formula is C17H27NOS. The summed E-state index contributed by atoms with van der Waals surface area (Å²) < 4.78 is 12.8. The monoisotopic (exact) mass is 293 g/mol. The molecule has 0 amide bonds. The van der Waals surface area contributed by atoms with Crippen LogP contribution in [0.3, 0.4) is 0 Å². The second-order valence-electron chi connectivity index (χ2n) is 5.78. The van der Waals surface area contributed by atoms with Crippen molar-refractivity contribution in [2.75, 3.05) is 6.54 Å². The molecule has 0 spiro atoms. The van der Waals surface area contributed by atoms with Crippen LogP contribution in [-0.4, -0.2) is 21.3 Å². The van der Waals surface area contributed by atoms with Gasteiger partial charge < -0.3 is 5.32 Å². The molecule has 1 aromatic rings. The van der Waals surface area contributed by atoms with Gasteiger partial charge in [-0.3, -0.25) is 4.21 Å². The summed E-state index contributed by atoms with van der Waals surface area (Å²) in [4.78, 5) is 0.